The monoisotopic (exact) mass is 314 g/mol. The molecule has 5 nitrogen and oxygen atoms in total. The van der Waals surface area contributed by atoms with Crippen molar-refractivity contribution < 1.29 is 13.2 Å². The maximum atomic E-state index is 12.2. The van der Waals surface area contributed by atoms with Crippen LogP contribution < -0.4 is 5.32 Å². The molecular weight excluding hydrogens is 288 g/mol. The van der Waals surface area contributed by atoms with Crippen LogP contribution in [0.4, 0.5) is 0 Å². The number of rotatable bonds is 9. The maximum absolute atomic E-state index is 12.2. The van der Waals surface area contributed by atoms with E-state index in [0.717, 1.165) is 17.7 Å². The number of methoxy groups -OCH3 is 1. The maximum Gasteiger partial charge on any atom is 0.218 e. The Kier molecular flexibility index (Phi) is 7.31. The van der Waals surface area contributed by atoms with Gasteiger partial charge in [0, 0.05) is 33.3 Å². The first-order valence-electron chi connectivity index (χ1n) is 7.09. The summed E-state index contributed by atoms with van der Waals surface area (Å²) in [6.45, 7) is 5.67. The van der Waals surface area contributed by atoms with Gasteiger partial charge in [-0.15, -0.1) is 0 Å². The number of sulfonamides is 1. The summed E-state index contributed by atoms with van der Waals surface area (Å²) in [4.78, 5) is 0. The molecular formula is C15H26N2O3S. The summed E-state index contributed by atoms with van der Waals surface area (Å²) in [5.74, 6) is 0.0166. The molecule has 0 radical (unpaired) electrons. The van der Waals surface area contributed by atoms with Crippen LogP contribution in [-0.4, -0.2) is 46.1 Å². The lowest BCUT2D eigenvalue weighted by atomic mass is 10.1. The van der Waals surface area contributed by atoms with Crippen LogP contribution in [-0.2, 0) is 27.1 Å². The van der Waals surface area contributed by atoms with E-state index in [1.165, 1.54) is 4.31 Å². The Balaban J connectivity index is 2.71. The van der Waals surface area contributed by atoms with Crippen molar-refractivity contribution in [3.63, 3.8) is 0 Å². The van der Waals surface area contributed by atoms with Gasteiger partial charge in [-0.1, -0.05) is 38.1 Å². The third-order valence-electron chi connectivity index (χ3n) is 3.14. The molecule has 0 saturated heterocycles. The van der Waals surface area contributed by atoms with Crippen LogP contribution in [0.5, 0.6) is 0 Å². The summed E-state index contributed by atoms with van der Waals surface area (Å²) in [6.07, 6.45) is 0. The van der Waals surface area contributed by atoms with Gasteiger partial charge in [-0.25, -0.2) is 12.7 Å². The van der Waals surface area contributed by atoms with Gasteiger partial charge in [-0.05, 0) is 11.1 Å². The van der Waals surface area contributed by atoms with Crippen molar-refractivity contribution >= 4 is 10.0 Å². The number of hydrogen-bond donors (Lipinski definition) is 1. The molecule has 0 fully saturated rings. The fourth-order valence-corrected chi connectivity index (χ4v) is 3.01. The highest BCUT2D eigenvalue weighted by Gasteiger charge is 2.18. The highest BCUT2D eigenvalue weighted by molar-refractivity contribution is 7.88. The zero-order chi connectivity index (χ0) is 15.9. The summed E-state index contributed by atoms with van der Waals surface area (Å²) >= 11 is 0. The predicted molar refractivity (Wildman–Crippen MR) is 85.5 cm³/mol. The molecule has 1 rings (SSSR count). The number of hydrogen-bond acceptors (Lipinski definition) is 4. The van der Waals surface area contributed by atoms with Gasteiger partial charge in [-0.3, -0.25) is 0 Å². The van der Waals surface area contributed by atoms with E-state index in [9.17, 15) is 8.42 Å². The average Bonchev–Trinajstić information content (AvgIpc) is 2.42. The quantitative estimate of drug-likeness (QED) is 0.752. The zero-order valence-electron chi connectivity index (χ0n) is 13.3. The first-order valence-corrected chi connectivity index (χ1v) is 8.70. The fraction of sp³-hybridized carbons (Fsp3) is 0.600. The largest absolute Gasteiger partial charge is 0.383 e. The minimum absolute atomic E-state index is 0.0166. The standard InChI is InChI=1S/C15H26N2O3S/c1-13(2)16-11-14-6-5-7-15(10-14)12-21(18,19)17(3)8-9-20-4/h5-7,10,13,16H,8-9,11-12H2,1-4H3. The average molecular weight is 314 g/mol. The van der Waals surface area contributed by atoms with Gasteiger partial charge in [0.1, 0.15) is 0 Å². The van der Waals surface area contributed by atoms with Gasteiger partial charge in [0.25, 0.3) is 0 Å². The number of nitrogens with zero attached hydrogens (tertiary/aromatic N) is 1. The second kappa shape index (κ2) is 8.48. The van der Waals surface area contributed by atoms with E-state index in [1.807, 2.05) is 24.3 Å². The van der Waals surface area contributed by atoms with Crippen molar-refractivity contribution in [2.75, 3.05) is 27.3 Å². The number of likely N-dealkylation sites (N-methyl/N-ethyl adjacent to an activating group) is 1. The molecule has 120 valence electrons. The highest BCUT2D eigenvalue weighted by Crippen LogP contribution is 2.12. The molecule has 0 atom stereocenters. The van der Waals surface area contributed by atoms with Gasteiger partial charge in [-0.2, -0.15) is 0 Å². The lowest BCUT2D eigenvalue weighted by Crippen LogP contribution is -2.31. The smallest absolute Gasteiger partial charge is 0.218 e. The molecule has 21 heavy (non-hydrogen) atoms. The van der Waals surface area contributed by atoms with E-state index in [1.54, 1.807) is 14.2 Å². The normalized spacial score (nSPS) is 12.3. The van der Waals surface area contributed by atoms with Crippen LogP contribution >= 0.6 is 0 Å². The Hall–Kier alpha value is -0.950. The Morgan fingerprint density at radius 3 is 2.57 bits per heavy atom. The molecule has 0 amide bonds. The van der Waals surface area contributed by atoms with E-state index < -0.39 is 10.0 Å². The van der Waals surface area contributed by atoms with Crippen LogP contribution in [0, 0.1) is 0 Å². The third-order valence-corrected chi connectivity index (χ3v) is 4.97. The molecule has 0 unspecified atom stereocenters. The van der Waals surface area contributed by atoms with Crippen molar-refractivity contribution in [3.05, 3.63) is 35.4 Å². The van der Waals surface area contributed by atoms with Crippen molar-refractivity contribution in [3.8, 4) is 0 Å². The fourth-order valence-electron chi connectivity index (χ4n) is 1.83. The molecule has 0 heterocycles. The molecule has 0 spiro atoms. The van der Waals surface area contributed by atoms with E-state index in [4.69, 9.17) is 4.74 Å². The van der Waals surface area contributed by atoms with E-state index in [0.29, 0.717) is 19.2 Å². The predicted octanol–water partition coefficient (Wildman–Crippen LogP) is 1.59. The zero-order valence-corrected chi connectivity index (χ0v) is 14.1. The summed E-state index contributed by atoms with van der Waals surface area (Å²) in [5.41, 5.74) is 1.90. The molecule has 0 aliphatic heterocycles. The van der Waals surface area contributed by atoms with Crippen molar-refractivity contribution in [1.82, 2.24) is 9.62 Å². The van der Waals surface area contributed by atoms with E-state index in [2.05, 4.69) is 19.2 Å². The Morgan fingerprint density at radius 2 is 1.95 bits per heavy atom. The van der Waals surface area contributed by atoms with E-state index >= 15 is 0 Å². The first kappa shape index (κ1) is 18.1. The second-order valence-corrected chi connectivity index (χ2v) is 7.50. The lowest BCUT2D eigenvalue weighted by Gasteiger charge is -2.17. The molecule has 1 N–H and O–H groups in total. The van der Waals surface area contributed by atoms with Crippen molar-refractivity contribution in [2.24, 2.45) is 0 Å². The molecule has 0 aliphatic carbocycles. The van der Waals surface area contributed by atoms with Crippen LogP contribution in [0.1, 0.15) is 25.0 Å². The summed E-state index contributed by atoms with van der Waals surface area (Å²) in [5, 5.41) is 3.33. The summed E-state index contributed by atoms with van der Waals surface area (Å²) < 4.78 is 30.7. The summed E-state index contributed by atoms with van der Waals surface area (Å²) in [7, 11) is -0.158. The first-order chi connectivity index (χ1) is 9.85. The van der Waals surface area contributed by atoms with Gasteiger partial charge in [0.15, 0.2) is 0 Å². The van der Waals surface area contributed by atoms with E-state index in [-0.39, 0.29) is 5.75 Å². The van der Waals surface area contributed by atoms with Crippen LogP contribution in [0.25, 0.3) is 0 Å². The van der Waals surface area contributed by atoms with Gasteiger partial charge < -0.3 is 10.1 Å². The van der Waals surface area contributed by atoms with Gasteiger partial charge in [0.05, 0.1) is 12.4 Å². The van der Waals surface area contributed by atoms with Crippen LogP contribution in [0.15, 0.2) is 24.3 Å². The minimum Gasteiger partial charge on any atom is -0.383 e. The lowest BCUT2D eigenvalue weighted by molar-refractivity contribution is 0.185. The van der Waals surface area contributed by atoms with Crippen molar-refractivity contribution in [2.45, 2.75) is 32.2 Å². The third kappa shape index (κ3) is 6.56. The molecule has 1 aromatic carbocycles. The molecule has 0 saturated carbocycles. The molecule has 6 heteroatoms. The molecule has 0 aliphatic rings. The van der Waals surface area contributed by atoms with Gasteiger partial charge >= 0.3 is 0 Å². The second-order valence-electron chi connectivity index (χ2n) is 5.43. The Bertz CT molecular complexity index is 529. The van der Waals surface area contributed by atoms with Crippen LogP contribution in [0.3, 0.4) is 0 Å². The number of ether oxygens (including phenoxy) is 1. The van der Waals surface area contributed by atoms with Crippen LogP contribution in [0.2, 0.25) is 0 Å². The molecule has 0 bridgehead atoms. The Morgan fingerprint density at radius 1 is 1.29 bits per heavy atom. The number of nitrogens with one attached hydrogen (secondary N) is 1. The molecule has 0 aromatic heterocycles. The summed E-state index contributed by atoms with van der Waals surface area (Å²) in [6, 6.07) is 8.09. The van der Waals surface area contributed by atoms with Gasteiger partial charge in [0.2, 0.25) is 10.0 Å². The van der Waals surface area contributed by atoms with Crippen molar-refractivity contribution in [1.29, 1.82) is 0 Å². The highest BCUT2D eigenvalue weighted by atomic mass is 32.2. The minimum atomic E-state index is -3.30. The number of benzene rings is 1. The molecule has 1 aromatic rings. The SMILES string of the molecule is COCCN(C)S(=O)(=O)Cc1cccc(CNC(C)C)c1. The Labute approximate surface area is 128 Å². The topological polar surface area (TPSA) is 58.6 Å².